The number of hydrogen-bond donors (Lipinski definition) is 1. The first-order valence-electron chi connectivity index (χ1n) is 12.8. The Morgan fingerprint density at radius 2 is 1.75 bits per heavy atom. The molecule has 36 heavy (non-hydrogen) atoms. The van der Waals surface area contributed by atoms with Gasteiger partial charge in [-0.1, -0.05) is 52.5 Å². The van der Waals surface area contributed by atoms with Gasteiger partial charge in [-0.05, 0) is 46.8 Å². The van der Waals surface area contributed by atoms with Gasteiger partial charge in [-0.3, -0.25) is 4.79 Å². The van der Waals surface area contributed by atoms with Crippen molar-refractivity contribution in [2.24, 2.45) is 10.4 Å². The van der Waals surface area contributed by atoms with Crippen molar-refractivity contribution in [3.63, 3.8) is 0 Å². The van der Waals surface area contributed by atoms with E-state index in [2.05, 4.69) is 11.5 Å². The summed E-state index contributed by atoms with van der Waals surface area (Å²) in [4.78, 5) is 32.3. The summed E-state index contributed by atoms with van der Waals surface area (Å²) in [5.74, 6) is 0.383. The van der Waals surface area contributed by atoms with E-state index in [1.165, 1.54) is 0 Å². The molecule has 2 aliphatic heterocycles. The van der Waals surface area contributed by atoms with E-state index in [1.807, 2.05) is 74.5 Å². The van der Waals surface area contributed by atoms with Crippen molar-refractivity contribution in [1.29, 1.82) is 0 Å². The highest BCUT2D eigenvalue weighted by Gasteiger charge is 2.38. The Kier molecular flexibility index (Phi) is 14.5. The van der Waals surface area contributed by atoms with E-state index in [0.717, 1.165) is 5.84 Å². The number of carbonyl (C=O) groups is 2. The standard InChI is InChI=1S/C24H35N3O5.2C2H6/c1-7-9-12-24(6)17-31-19(8-2)18(10-11-20(28)29)25-21(24)26-13-15-27(16-14-26)22(30)32-23(3,4)5;2*1-2/h7-10,12H,1,11,13-17H2,2-6H3,(H,28,29);2*1-2H3/b12-9-,18-10+,19-8+;;/t24-;;/m0../s1. The second-order valence-corrected chi connectivity index (χ2v) is 9.03. The van der Waals surface area contributed by atoms with E-state index >= 15 is 0 Å². The van der Waals surface area contributed by atoms with Crippen LogP contribution in [0, 0.1) is 5.41 Å². The van der Waals surface area contributed by atoms with Crippen LogP contribution in [0.25, 0.3) is 0 Å². The third-order valence-corrected chi connectivity index (χ3v) is 5.08. The minimum absolute atomic E-state index is 0.154. The summed E-state index contributed by atoms with van der Waals surface area (Å²) in [5, 5.41) is 9.13. The van der Waals surface area contributed by atoms with E-state index in [0.29, 0.717) is 44.2 Å². The van der Waals surface area contributed by atoms with Crippen molar-refractivity contribution in [2.45, 2.75) is 74.3 Å². The Balaban J connectivity index is 0.00000291. The van der Waals surface area contributed by atoms with Gasteiger partial charge in [0.25, 0.3) is 0 Å². The van der Waals surface area contributed by atoms with Gasteiger partial charge < -0.3 is 24.4 Å². The number of nitrogens with zero attached hydrogens (tertiary/aromatic N) is 3. The number of rotatable bonds is 4. The molecule has 0 bridgehead atoms. The van der Waals surface area contributed by atoms with Crippen LogP contribution in [0.15, 0.2) is 53.4 Å². The molecule has 2 heterocycles. The van der Waals surface area contributed by atoms with Crippen LogP contribution in [0.2, 0.25) is 0 Å². The Morgan fingerprint density at radius 3 is 2.22 bits per heavy atom. The lowest BCUT2D eigenvalue weighted by Gasteiger charge is -2.40. The van der Waals surface area contributed by atoms with Gasteiger partial charge in [0.2, 0.25) is 0 Å². The first kappa shape index (κ1) is 33.0. The fourth-order valence-corrected chi connectivity index (χ4v) is 3.49. The number of aliphatic imine (C=N–C) groups is 1. The van der Waals surface area contributed by atoms with Crippen molar-refractivity contribution in [3.05, 3.63) is 48.4 Å². The monoisotopic (exact) mass is 505 g/mol. The summed E-state index contributed by atoms with van der Waals surface area (Å²) in [6.45, 7) is 23.7. The molecule has 0 aliphatic carbocycles. The lowest BCUT2D eigenvalue weighted by Crippen LogP contribution is -2.54. The molecule has 2 aliphatic rings. The van der Waals surface area contributed by atoms with Crippen LogP contribution in [0.1, 0.15) is 68.7 Å². The first-order chi connectivity index (χ1) is 17.0. The summed E-state index contributed by atoms with van der Waals surface area (Å²) >= 11 is 0. The highest BCUT2D eigenvalue weighted by molar-refractivity contribution is 5.91. The molecule has 1 saturated heterocycles. The predicted octanol–water partition coefficient (Wildman–Crippen LogP) is 6.03. The van der Waals surface area contributed by atoms with Crippen molar-refractivity contribution in [2.75, 3.05) is 32.8 Å². The van der Waals surface area contributed by atoms with Crippen LogP contribution in [-0.2, 0) is 14.3 Å². The van der Waals surface area contributed by atoms with Gasteiger partial charge in [-0.25, -0.2) is 9.79 Å². The molecular formula is C28H47N3O5. The largest absolute Gasteiger partial charge is 0.490 e. The number of carbonyl (C=O) groups excluding carboxylic acids is 1. The molecule has 1 amide bonds. The molecule has 8 nitrogen and oxygen atoms in total. The molecule has 0 aromatic rings. The molecule has 0 aromatic carbocycles. The summed E-state index contributed by atoms with van der Waals surface area (Å²) in [7, 11) is 0. The normalized spacial score (nSPS) is 22.4. The zero-order valence-corrected chi connectivity index (χ0v) is 23.8. The van der Waals surface area contributed by atoms with Gasteiger partial charge in [0.1, 0.15) is 29.5 Å². The Morgan fingerprint density at radius 1 is 1.17 bits per heavy atom. The summed E-state index contributed by atoms with van der Waals surface area (Å²) in [6.07, 6.45) is 8.43. The lowest BCUT2D eigenvalue weighted by molar-refractivity contribution is -0.136. The number of aliphatic carboxylic acids is 1. The summed E-state index contributed by atoms with van der Waals surface area (Å²) < 4.78 is 11.5. The Hall–Kier alpha value is -3.03. The van der Waals surface area contributed by atoms with Crippen molar-refractivity contribution >= 4 is 17.9 Å². The molecule has 1 atom stereocenters. The van der Waals surface area contributed by atoms with Gasteiger partial charge in [0, 0.05) is 26.2 Å². The molecule has 0 saturated carbocycles. The molecule has 0 spiro atoms. The molecule has 0 unspecified atom stereocenters. The number of carboxylic acids is 1. The van der Waals surface area contributed by atoms with Crippen LogP contribution in [-0.4, -0.2) is 71.2 Å². The van der Waals surface area contributed by atoms with Gasteiger partial charge >= 0.3 is 12.1 Å². The maximum absolute atomic E-state index is 12.4. The molecule has 1 N–H and O–H groups in total. The van der Waals surface area contributed by atoms with Crippen LogP contribution < -0.4 is 0 Å². The summed E-state index contributed by atoms with van der Waals surface area (Å²) in [6, 6.07) is 0. The predicted molar refractivity (Wildman–Crippen MR) is 147 cm³/mol. The van der Waals surface area contributed by atoms with Crippen LogP contribution in [0.4, 0.5) is 4.79 Å². The molecular weight excluding hydrogens is 458 g/mol. The average Bonchev–Trinajstić information content (AvgIpc) is 2.99. The van der Waals surface area contributed by atoms with Crippen LogP contribution in [0.3, 0.4) is 0 Å². The minimum atomic E-state index is -0.936. The summed E-state index contributed by atoms with van der Waals surface area (Å²) in [5.41, 5.74) is -0.609. The molecule has 2 rings (SSSR count). The average molecular weight is 506 g/mol. The number of amides is 1. The van der Waals surface area contributed by atoms with Crippen molar-refractivity contribution in [1.82, 2.24) is 9.80 Å². The zero-order valence-electron chi connectivity index (χ0n) is 23.8. The fourth-order valence-electron chi connectivity index (χ4n) is 3.49. The Labute approximate surface area is 218 Å². The highest BCUT2D eigenvalue weighted by atomic mass is 16.6. The van der Waals surface area contributed by atoms with E-state index in [9.17, 15) is 9.59 Å². The minimum Gasteiger partial charge on any atom is -0.490 e. The van der Waals surface area contributed by atoms with E-state index < -0.39 is 17.0 Å². The number of ether oxygens (including phenoxy) is 2. The number of allylic oxidation sites excluding steroid dienone is 3. The lowest BCUT2D eigenvalue weighted by atomic mass is 9.88. The molecule has 8 heteroatoms. The number of carboxylic acid groups (broad SMARTS) is 1. The molecule has 204 valence electrons. The van der Waals surface area contributed by atoms with Crippen molar-refractivity contribution in [3.8, 4) is 0 Å². The number of hydrogen-bond acceptors (Lipinski definition) is 6. The number of amidine groups is 1. The van der Waals surface area contributed by atoms with Gasteiger partial charge in [0.05, 0.1) is 11.8 Å². The van der Waals surface area contributed by atoms with Crippen molar-refractivity contribution < 1.29 is 24.2 Å². The third kappa shape index (κ3) is 10.3. The van der Waals surface area contributed by atoms with E-state index in [-0.39, 0.29) is 12.5 Å². The topological polar surface area (TPSA) is 91.7 Å². The van der Waals surface area contributed by atoms with Gasteiger partial charge in [-0.15, -0.1) is 0 Å². The van der Waals surface area contributed by atoms with Gasteiger partial charge in [0.15, 0.2) is 0 Å². The third-order valence-electron chi connectivity index (χ3n) is 5.08. The highest BCUT2D eigenvalue weighted by Crippen LogP contribution is 2.32. The van der Waals surface area contributed by atoms with E-state index in [1.54, 1.807) is 23.1 Å². The molecule has 0 radical (unpaired) electrons. The number of piperazine rings is 1. The quantitative estimate of drug-likeness (QED) is 0.469. The van der Waals surface area contributed by atoms with Gasteiger partial charge in [-0.2, -0.15) is 0 Å². The van der Waals surface area contributed by atoms with E-state index in [4.69, 9.17) is 19.6 Å². The fraction of sp³-hybridized carbons (Fsp3) is 0.607. The smallest absolute Gasteiger partial charge is 0.410 e. The maximum atomic E-state index is 12.4. The second-order valence-electron chi connectivity index (χ2n) is 9.03. The SMILES string of the molecule is C=C/C=C\[C@@]1(C)COC(=C/C)/C(=C\CC(=O)O)N=C1N1CCN(C(=O)OC(C)(C)C)CC1.CC.CC. The molecule has 0 aromatic heterocycles. The Bertz CT molecular complexity index is 844. The molecule has 1 fully saturated rings. The van der Waals surface area contributed by atoms with Crippen LogP contribution in [0.5, 0.6) is 0 Å². The maximum Gasteiger partial charge on any atom is 0.410 e. The second kappa shape index (κ2) is 15.9. The zero-order chi connectivity index (χ0) is 27.9. The van der Waals surface area contributed by atoms with Crippen LogP contribution >= 0.6 is 0 Å². The first-order valence-corrected chi connectivity index (χ1v) is 12.8.